The number of aliphatic hydroxyl groups is 1. The van der Waals surface area contributed by atoms with Crippen LogP contribution in [0.1, 0.15) is 16.9 Å². The summed E-state index contributed by atoms with van der Waals surface area (Å²) in [5, 5.41) is 15.8. The topological polar surface area (TPSA) is 78.7 Å². The molecule has 2 aromatic heterocycles. The number of aromatic nitrogens is 2. The number of fused-ring (bicyclic) bond motifs is 1. The lowest BCUT2D eigenvalue weighted by Crippen LogP contribution is -2.52. The molecule has 2 atom stereocenters. The molecule has 1 fully saturated rings. The van der Waals surface area contributed by atoms with Gasteiger partial charge < -0.3 is 15.7 Å². The lowest BCUT2D eigenvalue weighted by Gasteiger charge is -2.28. The summed E-state index contributed by atoms with van der Waals surface area (Å²) in [5.74, 6) is -1.41. The second kappa shape index (κ2) is 6.78. The summed E-state index contributed by atoms with van der Waals surface area (Å²) in [4.78, 5) is 16.1. The maximum absolute atomic E-state index is 14.2. The first-order valence-corrected chi connectivity index (χ1v) is 6.97. The number of pyridine rings is 1. The molecule has 1 saturated heterocycles. The van der Waals surface area contributed by atoms with Crippen molar-refractivity contribution in [3.8, 4) is 0 Å². The standard InChI is InChI=1S/C13H14ClFN4O2.ClH/c14-7-1-2-10-18-11(12(15)19(10)6-7)13(21)17-8-3-4-16-5-9(8)20;/h1-2,6,8-9,16,20H,3-5H2,(H,17,21);1H/t8-,9-;/m1./s1. The van der Waals surface area contributed by atoms with Gasteiger partial charge in [0, 0.05) is 12.7 Å². The van der Waals surface area contributed by atoms with Crippen molar-refractivity contribution in [3.05, 3.63) is 35.0 Å². The van der Waals surface area contributed by atoms with Crippen molar-refractivity contribution in [2.45, 2.75) is 18.6 Å². The number of imidazole rings is 1. The highest BCUT2D eigenvalue weighted by atomic mass is 35.5. The lowest BCUT2D eigenvalue weighted by molar-refractivity contribution is 0.0758. The van der Waals surface area contributed by atoms with Gasteiger partial charge in [0.1, 0.15) is 5.65 Å². The molecule has 0 radical (unpaired) electrons. The van der Waals surface area contributed by atoms with Crippen molar-refractivity contribution in [2.24, 2.45) is 0 Å². The Hall–Kier alpha value is -1.41. The summed E-state index contributed by atoms with van der Waals surface area (Å²) >= 11 is 5.80. The van der Waals surface area contributed by atoms with Crippen molar-refractivity contribution in [1.29, 1.82) is 0 Å². The monoisotopic (exact) mass is 348 g/mol. The maximum Gasteiger partial charge on any atom is 0.274 e. The van der Waals surface area contributed by atoms with Gasteiger partial charge in [0.05, 0.1) is 17.2 Å². The number of carbonyl (C=O) groups is 1. The highest BCUT2D eigenvalue weighted by Crippen LogP contribution is 2.16. The third-order valence-corrected chi connectivity index (χ3v) is 3.73. The van der Waals surface area contributed by atoms with Gasteiger partial charge in [0.2, 0.25) is 5.95 Å². The molecule has 1 aliphatic rings. The Morgan fingerprint density at radius 3 is 3.05 bits per heavy atom. The van der Waals surface area contributed by atoms with Gasteiger partial charge >= 0.3 is 0 Å². The van der Waals surface area contributed by atoms with Crippen LogP contribution < -0.4 is 10.6 Å². The minimum atomic E-state index is -0.770. The number of hydrogen-bond acceptors (Lipinski definition) is 4. The quantitative estimate of drug-likeness (QED) is 0.756. The summed E-state index contributed by atoms with van der Waals surface area (Å²) in [7, 11) is 0. The zero-order valence-corrected chi connectivity index (χ0v) is 13.0. The third-order valence-electron chi connectivity index (χ3n) is 3.51. The number of halogens is 3. The van der Waals surface area contributed by atoms with E-state index in [1.54, 1.807) is 6.07 Å². The fourth-order valence-corrected chi connectivity index (χ4v) is 2.54. The van der Waals surface area contributed by atoms with Crippen LogP contribution in [-0.4, -0.2) is 45.6 Å². The zero-order valence-electron chi connectivity index (χ0n) is 11.4. The minimum absolute atomic E-state index is 0. The number of β-amino-alcohol motifs (C(OH)–C–C–N with tert-alkyl or cyclic N) is 1. The van der Waals surface area contributed by atoms with E-state index in [1.165, 1.54) is 12.3 Å². The van der Waals surface area contributed by atoms with Crippen LogP contribution in [0.4, 0.5) is 4.39 Å². The summed E-state index contributed by atoms with van der Waals surface area (Å²) in [6, 6.07) is 2.69. The number of nitrogens with zero attached hydrogens (tertiary/aromatic N) is 2. The molecule has 6 nitrogen and oxygen atoms in total. The van der Waals surface area contributed by atoms with E-state index >= 15 is 0 Å². The molecule has 1 amide bonds. The molecule has 0 bridgehead atoms. The molecule has 3 rings (SSSR count). The molecule has 1 aliphatic heterocycles. The summed E-state index contributed by atoms with van der Waals surface area (Å²) < 4.78 is 15.3. The van der Waals surface area contributed by atoms with Gasteiger partial charge in [-0.2, -0.15) is 4.39 Å². The number of carbonyl (C=O) groups excluding carboxylic acids is 1. The van der Waals surface area contributed by atoms with Crippen molar-refractivity contribution in [1.82, 2.24) is 20.0 Å². The van der Waals surface area contributed by atoms with Crippen LogP contribution in [0, 0.1) is 5.95 Å². The van der Waals surface area contributed by atoms with E-state index in [1.807, 2.05) is 0 Å². The van der Waals surface area contributed by atoms with Gasteiger partial charge in [0.15, 0.2) is 5.69 Å². The van der Waals surface area contributed by atoms with Gasteiger partial charge in [-0.05, 0) is 25.1 Å². The number of hydrogen-bond donors (Lipinski definition) is 3. The van der Waals surface area contributed by atoms with Gasteiger partial charge in [-0.1, -0.05) is 11.6 Å². The van der Waals surface area contributed by atoms with Gasteiger partial charge in [-0.3, -0.25) is 9.20 Å². The van der Waals surface area contributed by atoms with Crippen LogP contribution in [0.15, 0.2) is 18.3 Å². The van der Waals surface area contributed by atoms with E-state index in [2.05, 4.69) is 15.6 Å². The average Bonchev–Trinajstić information content (AvgIpc) is 2.79. The highest BCUT2D eigenvalue weighted by molar-refractivity contribution is 6.30. The van der Waals surface area contributed by atoms with Gasteiger partial charge in [0.25, 0.3) is 5.91 Å². The van der Waals surface area contributed by atoms with Crippen LogP contribution in [0.3, 0.4) is 0 Å². The van der Waals surface area contributed by atoms with E-state index in [4.69, 9.17) is 11.6 Å². The first-order valence-electron chi connectivity index (χ1n) is 6.59. The van der Waals surface area contributed by atoms with Crippen LogP contribution >= 0.6 is 24.0 Å². The van der Waals surface area contributed by atoms with E-state index < -0.39 is 24.0 Å². The predicted octanol–water partition coefficient (Wildman–Crippen LogP) is 1.00. The van der Waals surface area contributed by atoms with Gasteiger partial charge in [-0.15, -0.1) is 12.4 Å². The predicted molar refractivity (Wildman–Crippen MR) is 82.2 cm³/mol. The Morgan fingerprint density at radius 2 is 2.32 bits per heavy atom. The largest absolute Gasteiger partial charge is 0.390 e. The van der Waals surface area contributed by atoms with Crippen LogP contribution in [-0.2, 0) is 0 Å². The van der Waals surface area contributed by atoms with Crippen LogP contribution in [0.5, 0.6) is 0 Å². The Bertz CT molecular complexity index is 694. The van der Waals surface area contributed by atoms with E-state index in [0.29, 0.717) is 30.2 Å². The molecule has 22 heavy (non-hydrogen) atoms. The molecule has 0 spiro atoms. The fourth-order valence-electron chi connectivity index (χ4n) is 2.38. The minimum Gasteiger partial charge on any atom is -0.390 e. The molecule has 3 heterocycles. The molecule has 0 unspecified atom stereocenters. The third kappa shape index (κ3) is 3.17. The van der Waals surface area contributed by atoms with Crippen LogP contribution in [0.25, 0.3) is 5.65 Å². The normalized spacial score (nSPS) is 21.4. The summed E-state index contributed by atoms with van der Waals surface area (Å²) in [6.07, 6.45) is 1.24. The molecule has 3 N–H and O–H groups in total. The SMILES string of the molecule is Cl.O=C(N[C@@H]1CCNC[C@H]1O)c1nc2ccc(Cl)cn2c1F. The Balaban J connectivity index is 0.00000176. The summed E-state index contributed by atoms with van der Waals surface area (Å²) in [5.41, 5.74) is -0.00379. The van der Waals surface area contributed by atoms with Crippen molar-refractivity contribution in [2.75, 3.05) is 13.1 Å². The number of rotatable bonds is 2. The van der Waals surface area contributed by atoms with E-state index in [-0.39, 0.29) is 18.1 Å². The molecule has 9 heteroatoms. The smallest absolute Gasteiger partial charge is 0.274 e. The number of aliphatic hydroxyl groups excluding tert-OH is 1. The highest BCUT2D eigenvalue weighted by Gasteiger charge is 2.27. The van der Waals surface area contributed by atoms with Crippen molar-refractivity contribution < 1.29 is 14.3 Å². The fraction of sp³-hybridized carbons (Fsp3) is 0.385. The Morgan fingerprint density at radius 1 is 1.55 bits per heavy atom. The average molecular weight is 349 g/mol. The number of nitrogens with one attached hydrogen (secondary N) is 2. The van der Waals surface area contributed by atoms with E-state index in [9.17, 15) is 14.3 Å². The number of piperidine rings is 1. The van der Waals surface area contributed by atoms with Crippen LogP contribution in [0.2, 0.25) is 5.02 Å². The van der Waals surface area contributed by atoms with Gasteiger partial charge in [-0.25, -0.2) is 4.98 Å². The Kier molecular flexibility index (Phi) is 5.23. The lowest BCUT2D eigenvalue weighted by atomic mass is 10.0. The van der Waals surface area contributed by atoms with Crippen molar-refractivity contribution >= 4 is 35.6 Å². The molecular weight excluding hydrogens is 334 g/mol. The molecule has 0 aromatic carbocycles. The zero-order chi connectivity index (χ0) is 15.0. The molecule has 120 valence electrons. The second-order valence-electron chi connectivity index (χ2n) is 4.97. The first-order chi connectivity index (χ1) is 10.1. The summed E-state index contributed by atoms with van der Waals surface area (Å²) in [6.45, 7) is 1.08. The molecular formula is C13H15Cl2FN4O2. The molecule has 0 saturated carbocycles. The Labute approximate surface area is 137 Å². The number of amides is 1. The van der Waals surface area contributed by atoms with E-state index in [0.717, 1.165) is 4.40 Å². The maximum atomic E-state index is 14.2. The molecule has 0 aliphatic carbocycles. The first kappa shape index (κ1) is 17.0. The molecule has 2 aromatic rings. The van der Waals surface area contributed by atoms with Crippen molar-refractivity contribution in [3.63, 3.8) is 0 Å². The second-order valence-corrected chi connectivity index (χ2v) is 5.40.